The van der Waals surface area contributed by atoms with Gasteiger partial charge in [-0.2, -0.15) is 0 Å². The average Bonchev–Trinajstić information content (AvgIpc) is 2.37. The molecular formula is C17H27NO3. The summed E-state index contributed by atoms with van der Waals surface area (Å²) in [7, 11) is 1.66. The molecule has 0 saturated carbocycles. The Kier molecular flexibility index (Phi) is 5.78. The Bertz CT molecular complexity index is 499. The fraction of sp³-hybridized carbons (Fsp3) is 0.588. The zero-order valence-corrected chi connectivity index (χ0v) is 13.9. The van der Waals surface area contributed by atoms with E-state index in [0.717, 1.165) is 16.9 Å². The highest BCUT2D eigenvalue weighted by molar-refractivity contribution is 5.78. The zero-order valence-electron chi connectivity index (χ0n) is 13.9. The van der Waals surface area contributed by atoms with Crippen molar-refractivity contribution in [2.75, 3.05) is 7.05 Å². The van der Waals surface area contributed by atoms with E-state index in [-0.39, 0.29) is 6.10 Å². The Balaban J connectivity index is 2.91. The van der Waals surface area contributed by atoms with Gasteiger partial charge in [-0.25, -0.2) is 0 Å². The number of aryl methyl sites for hydroxylation is 1. The van der Waals surface area contributed by atoms with E-state index >= 15 is 0 Å². The fourth-order valence-corrected chi connectivity index (χ4v) is 2.35. The molecule has 0 amide bonds. The molecule has 1 aromatic carbocycles. The van der Waals surface area contributed by atoms with Crippen LogP contribution in [0.4, 0.5) is 0 Å². The topological polar surface area (TPSA) is 58.6 Å². The Hall–Kier alpha value is -1.55. The summed E-state index contributed by atoms with van der Waals surface area (Å²) in [5.74, 6) is 0.345. The molecule has 2 unspecified atom stereocenters. The Labute approximate surface area is 127 Å². The zero-order chi connectivity index (χ0) is 16.2. The summed E-state index contributed by atoms with van der Waals surface area (Å²) in [6.07, 6.45) is 0.197. The maximum absolute atomic E-state index is 11.4. The molecule has 118 valence electrons. The summed E-state index contributed by atoms with van der Waals surface area (Å²) in [5.41, 5.74) is 1.30. The predicted octanol–water partition coefficient (Wildman–Crippen LogP) is 3.34. The first kappa shape index (κ1) is 17.5. The van der Waals surface area contributed by atoms with Gasteiger partial charge in [-0.3, -0.25) is 4.79 Å². The molecule has 0 aliphatic carbocycles. The molecule has 2 atom stereocenters. The maximum Gasteiger partial charge on any atom is 0.323 e. The van der Waals surface area contributed by atoms with Crippen molar-refractivity contribution >= 4 is 5.97 Å². The lowest BCUT2D eigenvalue weighted by molar-refractivity contribution is -0.145. The molecule has 0 spiro atoms. The van der Waals surface area contributed by atoms with Gasteiger partial charge < -0.3 is 15.2 Å². The van der Waals surface area contributed by atoms with E-state index in [2.05, 4.69) is 31.3 Å². The van der Waals surface area contributed by atoms with Gasteiger partial charge in [0, 0.05) is 6.42 Å². The van der Waals surface area contributed by atoms with E-state index in [9.17, 15) is 9.90 Å². The van der Waals surface area contributed by atoms with Gasteiger partial charge in [-0.05, 0) is 50.9 Å². The Morgan fingerprint density at radius 3 is 2.48 bits per heavy atom. The molecule has 0 fully saturated rings. The van der Waals surface area contributed by atoms with Gasteiger partial charge in [-0.1, -0.05) is 26.0 Å². The van der Waals surface area contributed by atoms with Crippen molar-refractivity contribution in [2.45, 2.75) is 58.6 Å². The number of carboxylic acids is 1. The third kappa shape index (κ3) is 4.46. The van der Waals surface area contributed by atoms with Gasteiger partial charge in [-0.15, -0.1) is 0 Å². The third-order valence-corrected chi connectivity index (χ3v) is 3.84. The average molecular weight is 293 g/mol. The van der Waals surface area contributed by atoms with Crippen molar-refractivity contribution in [3.63, 3.8) is 0 Å². The second-order valence-electron chi connectivity index (χ2n) is 6.22. The van der Waals surface area contributed by atoms with Crippen LogP contribution in [-0.4, -0.2) is 29.8 Å². The van der Waals surface area contributed by atoms with Crippen LogP contribution in [-0.2, 0) is 4.79 Å². The smallest absolute Gasteiger partial charge is 0.323 e. The van der Waals surface area contributed by atoms with Gasteiger partial charge in [0.1, 0.15) is 11.3 Å². The maximum atomic E-state index is 11.4. The molecule has 0 bridgehead atoms. The highest BCUT2D eigenvalue weighted by atomic mass is 16.5. The number of aliphatic carboxylic acids is 1. The van der Waals surface area contributed by atoms with Crippen LogP contribution in [0.5, 0.6) is 5.75 Å². The van der Waals surface area contributed by atoms with E-state index in [1.54, 1.807) is 14.0 Å². The summed E-state index contributed by atoms with van der Waals surface area (Å²) in [6, 6.07) is 6.17. The number of likely N-dealkylation sites (N-methyl/N-ethyl adjacent to an activating group) is 1. The quantitative estimate of drug-likeness (QED) is 0.809. The van der Waals surface area contributed by atoms with Crippen LogP contribution >= 0.6 is 0 Å². The van der Waals surface area contributed by atoms with Crippen LogP contribution in [0.1, 0.15) is 51.2 Å². The number of ether oxygens (including phenoxy) is 1. The van der Waals surface area contributed by atoms with E-state index in [0.29, 0.717) is 12.3 Å². The molecule has 0 saturated heterocycles. The fourth-order valence-electron chi connectivity index (χ4n) is 2.35. The number of carbonyl (C=O) groups is 1. The number of nitrogens with one attached hydrogen (secondary N) is 1. The molecule has 0 radical (unpaired) electrons. The summed E-state index contributed by atoms with van der Waals surface area (Å²) in [6.45, 7) is 9.85. The minimum atomic E-state index is -0.985. The number of hydrogen-bond acceptors (Lipinski definition) is 3. The van der Waals surface area contributed by atoms with Gasteiger partial charge >= 0.3 is 5.97 Å². The van der Waals surface area contributed by atoms with Crippen molar-refractivity contribution in [3.8, 4) is 5.75 Å². The van der Waals surface area contributed by atoms with Crippen LogP contribution in [0, 0.1) is 6.92 Å². The van der Waals surface area contributed by atoms with Crippen molar-refractivity contribution in [1.29, 1.82) is 0 Å². The summed E-state index contributed by atoms with van der Waals surface area (Å²) >= 11 is 0. The molecule has 1 aromatic rings. The van der Waals surface area contributed by atoms with E-state index in [4.69, 9.17) is 4.74 Å². The van der Waals surface area contributed by atoms with Crippen LogP contribution in [0.2, 0.25) is 0 Å². The first-order chi connectivity index (χ1) is 9.69. The number of rotatable bonds is 7. The lowest BCUT2D eigenvalue weighted by Gasteiger charge is -2.28. The van der Waals surface area contributed by atoms with E-state index in [1.165, 1.54) is 0 Å². The summed E-state index contributed by atoms with van der Waals surface area (Å²) < 4.78 is 6.03. The number of carboxylic acid groups (broad SMARTS) is 1. The van der Waals surface area contributed by atoms with E-state index in [1.807, 2.05) is 19.9 Å². The van der Waals surface area contributed by atoms with Crippen LogP contribution in [0.15, 0.2) is 18.2 Å². The Morgan fingerprint density at radius 1 is 1.38 bits per heavy atom. The van der Waals surface area contributed by atoms with Crippen LogP contribution < -0.4 is 10.1 Å². The lowest BCUT2D eigenvalue weighted by atomic mass is 9.95. The molecule has 0 aromatic heterocycles. The van der Waals surface area contributed by atoms with Gasteiger partial charge in [0.05, 0.1) is 6.10 Å². The molecular weight excluding hydrogens is 266 g/mol. The molecule has 0 aliphatic rings. The highest BCUT2D eigenvalue weighted by Gasteiger charge is 2.33. The number of benzene rings is 1. The molecule has 4 heteroatoms. The van der Waals surface area contributed by atoms with E-state index < -0.39 is 11.5 Å². The first-order valence-electron chi connectivity index (χ1n) is 7.39. The standard InChI is InChI=1S/C17H27NO3/c1-11(2)14-8-7-12(3)9-15(14)21-13(4)10-17(5,18-6)16(19)20/h7-9,11,13,18H,10H2,1-6H3,(H,19,20). The molecule has 1 rings (SSSR count). The van der Waals surface area contributed by atoms with Crippen molar-refractivity contribution in [2.24, 2.45) is 0 Å². The monoisotopic (exact) mass is 293 g/mol. The molecule has 21 heavy (non-hydrogen) atoms. The second-order valence-corrected chi connectivity index (χ2v) is 6.22. The van der Waals surface area contributed by atoms with Crippen LogP contribution in [0.25, 0.3) is 0 Å². The largest absolute Gasteiger partial charge is 0.490 e. The highest BCUT2D eigenvalue weighted by Crippen LogP contribution is 2.29. The molecule has 0 aliphatic heterocycles. The molecule has 0 heterocycles. The number of hydrogen-bond donors (Lipinski definition) is 2. The van der Waals surface area contributed by atoms with Gasteiger partial charge in [0.15, 0.2) is 0 Å². The second kappa shape index (κ2) is 6.94. The minimum absolute atomic E-state index is 0.196. The van der Waals surface area contributed by atoms with Crippen molar-refractivity contribution in [1.82, 2.24) is 5.32 Å². The van der Waals surface area contributed by atoms with Crippen molar-refractivity contribution < 1.29 is 14.6 Å². The third-order valence-electron chi connectivity index (χ3n) is 3.84. The Morgan fingerprint density at radius 2 is 2.00 bits per heavy atom. The normalized spacial score (nSPS) is 15.6. The SMILES string of the molecule is CNC(C)(CC(C)Oc1cc(C)ccc1C(C)C)C(=O)O. The molecule has 2 N–H and O–H groups in total. The molecule has 4 nitrogen and oxygen atoms in total. The minimum Gasteiger partial charge on any atom is -0.490 e. The van der Waals surface area contributed by atoms with Gasteiger partial charge in [0.2, 0.25) is 0 Å². The van der Waals surface area contributed by atoms with Crippen LogP contribution in [0.3, 0.4) is 0 Å². The van der Waals surface area contributed by atoms with Crippen molar-refractivity contribution in [3.05, 3.63) is 29.3 Å². The summed E-state index contributed by atoms with van der Waals surface area (Å²) in [4.78, 5) is 11.4. The predicted molar refractivity (Wildman–Crippen MR) is 85.1 cm³/mol. The first-order valence-corrected chi connectivity index (χ1v) is 7.39. The van der Waals surface area contributed by atoms with Gasteiger partial charge in [0.25, 0.3) is 0 Å². The summed E-state index contributed by atoms with van der Waals surface area (Å²) in [5, 5.41) is 12.2. The lowest BCUT2D eigenvalue weighted by Crippen LogP contribution is -2.50.